The number of aromatic nitrogens is 3. The second-order valence-corrected chi connectivity index (χ2v) is 5.90. The molecule has 3 rings (SSSR count). The van der Waals surface area contributed by atoms with Crippen molar-refractivity contribution >= 4 is 5.91 Å². The van der Waals surface area contributed by atoms with Gasteiger partial charge in [-0.15, -0.1) is 0 Å². The number of hydrogen-bond donors (Lipinski definition) is 0. The van der Waals surface area contributed by atoms with E-state index in [0.29, 0.717) is 37.4 Å². The predicted molar refractivity (Wildman–Crippen MR) is 86.6 cm³/mol. The zero-order valence-corrected chi connectivity index (χ0v) is 14.1. The fourth-order valence-electron chi connectivity index (χ4n) is 2.94. The number of nitrogens with zero attached hydrogens (tertiary/aromatic N) is 4. The third-order valence-corrected chi connectivity index (χ3v) is 4.27. The average Bonchev–Trinajstić information content (AvgIpc) is 3.01. The summed E-state index contributed by atoms with van der Waals surface area (Å²) in [6.07, 6.45) is 5.61. The van der Waals surface area contributed by atoms with Crippen LogP contribution in [0.25, 0.3) is 0 Å². The summed E-state index contributed by atoms with van der Waals surface area (Å²) in [5.41, 5.74) is 2.32. The Labute approximate surface area is 141 Å². The fraction of sp³-hybridized carbons (Fsp3) is 0.529. The molecule has 0 N–H and O–H groups in total. The van der Waals surface area contributed by atoms with Crippen LogP contribution < -0.4 is 0 Å². The second kappa shape index (κ2) is 7.53. The summed E-state index contributed by atoms with van der Waals surface area (Å²) in [5.74, 6) is 0.571. The summed E-state index contributed by atoms with van der Waals surface area (Å²) < 4.78 is 11.0. The summed E-state index contributed by atoms with van der Waals surface area (Å²) >= 11 is 0. The number of aryl methyl sites for hydroxylation is 3. The molecule has 1 amide bonds. The van der Waals surface area contributed by atoms with Gasteiger partial charge in [-0.1, -0.05) is 12.1 Å². The molecule has 0 bridgehead atoms. The molecule has 7 nitrogen and oxygen atoms in total. The Hall–Kier alpha value is -2.28. The highest BCUT2D eigenvalue weighted by molar-refractivity contribution is 5.96. The highest BCUT2D eigenvalue weighted by atomic mass is 16.5. The molecule has 24 heavy (non-hydrogen) atoms. The van der Waals surface area contributed by atoms with Crippen LogP contribution >= 0.6 is 0 Å². The van der Waals surface area contributed by atoms with Crippen molar-refractivity contribution in [1.29, 1.82) is 0 Å². The molecule has 128 valence electrons. The Morgan fingerprint density at radius 1 is 1.46 bits per heavy atom. The van der Waals surface area contributed by atoms with Crippen molar-refractivity contribution in [1.82, 2.24) is 20.0 Å². The molecule has 1 aliphatic heterocycles. The molecule has 0 spiro atoms. The molecule has 1 atom stereocenters. The lowest BCUT2D eigenvalue weighted by molar-refractivity contribution is -0.0247. The van der Waals surface area contributed by atoms with Gasteiger partial charge in [0.05, 0.1) is 18.4 Å². The van der Waals surface area contributed by atoms with Crippen molar-refractivity contribution in [3.8, 4) is 0 Å². The lowest BCUT2D eigenvalue weighted by atomic mass is 10.1. The largest absolute Gasteiger partial charge is 0.375 e. The molecule has 1 aliphatic rings. The van der Waals surface area contributed by atoms with Gasteiger partial charge < -0.3 is 14.2 Å². The van der Waals surface area contributed by atoms with E-state index in [1.165, 1.54) is 0 Å². The molecular formula is C17H22N4O3. The van der Waals surface area contributed by atoms with Crippen molar-refractivity contribution in [2.24, 2.45) is 0 Å². The third kappa shape index (κ3) is 3.62. The smallest absolute Gasteiger partial charge is 0.259 e. The number of amides is 1. The average molecular weight is 330 g/mol. The first-order valence-corrected chi connectivity index (χ1v) is 8.30. The Bertz CT molecular complexity index is 686. The molecule has 1 fully saturated rings. The standard InChI is InChI=1S/C17H22N4O3/c1-3-15-16(12(2)24-20-15)17(22)21-8-9-23-14(10-21)5-4-13-6-7-18-11-19-13/h6-7,11,14H,3-5,8-10H2,1-2H3. The molecule has 0 aliphatic carbocycles. The molecule has 0 aromatic carbocycles. The van der Waals surface area contributed by atoms with Gasteiger partial charge in [0.1, 0.15) is 17.7 Å². The molecule has 1 saturated heterocycles. The van der Waals surface area contributed by atoms with Crippen molar-refractivity contribution < 1.29 is 14.1 Å². The van der Waals surface area contributed by atoms with Gasteiger partial charge in [-0.05, 0) is 32.3 Å². The van der Waals surface area contributed by atoms with Gasteiger partial charge >= 0.3 is 0 Å². The Kier molecular flexibility index (Phi) is 5.20. The van der Waals surface area contributed by atoms with Crippen molar-refractivity contribution in [3.05, 3.63) is 41.3 Å². The van der Waals surface area contributed by atoms with Gasteiger partial charge in [-0.3, -0.25) is 4.79 Å². The first-order valence-electron chi connectivity index (χ1n) is 8.30. The molecular weight excluding hydrogens is 308 g/mol. The maximum absolute atomic E-state index is 12.8. The minimum absolute atomic E-state index is 0.0130. The Morgan fingerprint density at radius 3 is 3.08 bits per heavy atom. The maximum atomic E-state index is 12.8. The van der Waals surface area contributed by atoms with Crippen LogP contribution in [-0.2, 0) is 17.6 Å². The summed E-state index contributed by atoms with van der Waals surface area (Å²) in [6, 6.07) is 1.90. The van der Waals surface area contributed by atoms with Crippen LogP contribution in [0.1, 0.15) is 40.9 Å². The second-order valence-electron chi connectivity index (χ2n) is 5.90. The van der Waals surface area contributed by atoms with E-state index in [1.807, 2.05) is 17.9 Å². The van der Waals surface area contributed by atoms with Gasteiger partial charge in [0.2, 0.25) is 0 Å². The van der Waals surface area contributed by atoms with Crippen LogP contribution in [0.5, 0.6) is 0 Å². The van der Waals surface area contributed by atoms with E-state index in [4.69, 9.17) is 9.26 Å². The zero-order chi connectivity index (χ0) is 16.9. The number of carbonyl (C=O) groups excluding carboxylic acids is 1. The van der Waals surface area contributed by atoms with E-state index < -0.39 is 0 Å². The van der Waals surface area contributed by atoms with E-state index in [1.54, 1.807) is 19.4 Å². The SMILES string of the molecule is CCc1noc(C)c1C(=O)N1CCOC(CCc2ccncn2)C1. The number of rotatable bonds is 5. The molecule has 2 aromatic rings. The first-order chi connectivity index (χ1) is 11.7. The van der Waals surface area contributed by atoms with Crippen molar-refractivity contribution in [2.75, 3.05) is 19.7 Å². The van der Waals surface area contributed by atoms with Crippen LogP contribution in [0.2, 0.25) is 0 Å². The molecule has 0 radical (unpaired) electrons. The maximum Gasteiger partial charge on any atom is 0.259 e. The molecule has 3 heterocycles. The summed E-state index contributed by atoms with van der Waals surface area (Å²) in [4.78, 5) is 22.8. The van der Waals surface area contributed by atoms with E-state index >= 15 is 0 Å². The van der Waals surface area contributed by atoms with Gasteiger partial charge in [0, 0.05) is 25.0 Å². The number of hydrogen-bond acceptors (Lipinski definition) is 6. The van der Waals surface area contributed by atoms with Crippen LogP contribution in [0.15, 0.2) is 23.1 Å². The zero-order valence-electron chi connectivity index (χ0n) is 14.1. The van der Waals surface area contributed by atoms with Gasteiger partial charge in [-0.25, -0.2) is 9.97 Å². The van der Waals surface area contributed by atoms with E-state index in [9.17, 15) is 4.79 Å². The van der Waals surface area contributed by atoms with Crippen molar-refractivity contribution in [2.45, 2.75) is 39.2 Å². The van der Waals surface area contributed by atoms with E-state index in [0.717, 1.165) is 24.2 Å². The molecule has 7 heteroatoms. The van der Waals surface area contributed by atoms with Crippen molar-refractivity contribution in [3.63, 3.8) is 0 Å². The minimum atomic E-state index is -0.0130. The van der Waals surface area contributed by atoms with Gasteiger partial charge in [0.15, 0.2) is 0 Å². The van der Waals surface area contributed by atoms with Gasteiger partial charge in [-0.2, -0.15) is 0 Å². The monoisotopic (exact) mass is 330 g/mol. The first kappa shape index (κ1) is 16.6. The Morgan fingerprint density at radius 2 is 2.33 bits per heavy atom. The highest BCUT2D eigenvalue weighted by Gasteiger charge is 2.29. The number of ether oxygens (including phenoxy) is 1. The molecule has 0 saturated carbocycles. The molecule has 2 aromatic heterocycles. The van der Waals surface area contributed by atoms with Crippen LogP contribution in [0, 0.1) is 6.92 Å². The summed E-state index contributed by atoms with van der Waals surface area (Å²) in [7, 11) is 0. The number of carbonyl (C=O) groups is 1. The predicted octanol–water partition coefficient (Wildman–Crippen LogP) is 1.81. The van der Waals surface area contributed by atoms with E-state index in [-0.39, 0.29) is 12.0 Å². The molecule has 1 unspecified atom stereocenters. The summed E-state index contributed by atoms with van der Waals surface area (Å²) in [6.45, 7) is 5.48. The summed E-state index contributed by atoms with van der Waals surface area (Å²) in [5, 5.41) is 3.98. The van der Waals surface area contributed by atoms with Crippen LogP contribution in [0.3, 0.4) is 0 Å². The topological polar surface area (TPSA) is 81.4 Å². The van der Waals surface area contributed by atoms with Crippen LogP contribution in [-0.4, -0.2) is 51.7 Å². The van der Waals surface area contributed by atoms with Crippen LogP contribution in [0.4, 0.5) is 0 Å². The lowest BCUT2D eigenvalue weighted by Crippen LogP contribution is -2.46. The normalized spacial score (nSPS) is 17.9. The highest BCUT2D eigenvalue weighted by Crippen LogP contribution is 2.19. The lowest BCUT2D eigenvalue weighted by Gasteiger charge is -2.33. The quantitative estimate of drug-likeness (QED) is 0.831. The third-order valence-electron chi connectivity index (χ3n) is 4.27. The van der Waals surface area contributed by atoms with Gasteiger partial charge in [0.25, 0.3) is 5.91 Å². The number of morpholine rings is 1. The Balaban J connectivity index is 1.62. The minimum Gasteiger partial charge on any atom is -0.375 e. The van der Waals surface area contributed by atoms with E-state index in [2.05, 4.69) is 15.1 Å². The fourth-order valence-corrected chi connectivity index (χ4v) is 2.94.